The van der Waals surface area contributed by atoms with Crippen molar-refractivity contribution >= 4 is 23.3 Å². The maximum Gasteiger partial charge on any atom is 0.340 e. The largest absolute Gasteiger partial charge is 0.487 e. The van der Waals surface area contributed by atoms with Gasteiger partial charge in [-0.25, -0.2) is 13.2 Å². The van der Waals surface area contributed by atoms with E-state index in [1.54, 1.807) is 24.4 Å². The van der Waals surface area contributed by atoms with Gasteiger partial charge in [0.2, 0.25) is 0 Å². The minimum Gasteiger partial charge on any atom is -0.487 e. The molecule has 0 amide bonds. The van der Waals surface area contributed by atoms with Crippen LogP contribution >= 0.6 is 12.4 Å². The number of aromatic nitrogens is 1. The van der Waals surface area contributed by atoms with Gasteiger partial charge in [-0.05, 0) is 53.8 Å². The summed E-state index contributed by atoms with van der Waals surface area (Å²) in [6.07, 6.45) is -1.15. The van der Waals surface area contributed by atoms with Crippen LogP contribution in [0.4, 0.5) is 22.0 Å². The molecule has 3 rings (SSSR count). The molecule has 0 aliphatic heterocycles. The normalized spacial score (nSPS) is 11.7. The highest BCUT2D eigenvalue weighted by atomic mass is 35.5. The fraction of sp³-hybridized carbons (Fsp3) is 0.300. The number of hydrogen-bond acceptors (Lipinski definition) is 2. The second-order valence-electron chi connectivity index (χ2n) is 6.45. The highest BCUT2D eigenvalue weighted by molar-refractivity contribution is 5.85. The zero-order valence-electron chi connectivity index (χ0n) is 15.2. The van der Waals surface area contributed by atoms with Crippen LogP contribution in [-0.4, -0.2) is 23.9 Å². The Morgan fingerprint density at radius 1 is 1.07 bits per heavy atom. The molecule has 9 heteroatoms. The van der Waals surface area contributed by atoms with E-state index in [4.69, 9.17) is 10.5 Å². The summed E-state index contributed by atoms with van der Waals surface area (Å²) >= 11 is 0. The van der Waals surface area contributed by atoms with Crippen LogP contribution in [-0.2, 0) is 19.4 Å². The molecule has 1 heterocycles. The molecule has 3 N–H and O–H groups in total. The lowest BCUT2D eigenvalue weighted by molar-refractivity contribution is -0.148. The molecule has 0 aliphatic carbocycles. The Hall–Kier alpha value is -2.32. The number of nitrogens with two attached hydrogens (primary N) is 1. The van der Waals surface area contributed by atoms with E-state index in [1.807, 2.05) is 0 Å². The average Bonchev–Trinajstić information content (AvgIpc) is 3.06. The predicted octanol–water partition coefficient (Wildman–Crippen LogP) is 5.25. The number of fused-ring (bicyclic) bond motifs is 1. The van der Waals surface area contributed by atoms with Crippen molar-refractivity contribution in [3.8, 4) is 5.75 Å². The van der Waals surface area contributed by atoms with Gasteiger partial charge in [0.1, 0.15) is 11.6 Å². The Morgan fingerprint density at radius 3 is 2.52 bits per heavy atom. The second kappa shape index (κ2) is 9.45. The maximum atomic E-state index is 13.3. The SMILES string of the molecule is Cl.NCc1cccc(OCC(F)(F)C(F)F)c1CCc1c[nH]c2cc(F)ccc12. The minimum atomic E-state index is -4.24. The van der Waals surface area contributed by atoms with E-state index in [2.05, 4.69) is 4.98 Å². The molecule has 0 aliphatic rings. The first kappa shape index (κ1) is 23.0. The van der Waals surface area contributed by atoms with Gasteiger partial charge in [0.15, 0.2) is 6.61 Å². The maximum absolute atomic E-state index is 13.3. The van der Waals surface area contributed by atoms with Gasteiger partial charge in [0, 0.05) is 23.6 Å². The first-order valence-corrected chi connectivity index (χ1v) is 8.67. The lowest BCUT2D eigenvalue weighted by atomic mass is 9.98. The fourth-order valence-electron chi connectivity index (χ4n) is 3.08. The van der Waals surface area contributed by atoms with E-state index in [1.165, 1.54) is 18.2 Å². The number of rotatable bonds is 8. The Labute approximate surface area is 170 Å². The molecule has 0 atom stereocenters. The van der Waals surface area contributed by atoms with Gasteiger partial charge in [-0.1, -0.05) is 12.1 Å². The third-order valence-corrected chi connectivity index (χ3v) is 4.56. The van der Waals surface area contributed by atoms with Crippen LogP contribution in [0.1, 0.15) is 16.7 Å². The summed E-state index contributed by atoms with van der Waals surface area (Å²) in [4.78, 5) is 2.99. The summed E-state index contributed by atoms with van der Waals surface area (Å²) in [6.45, 7) is -1.27. The zero-order valence-corrected chi connectivity index (χ0v) is 16.0. The number of benzene rings is 2. The van der Waals surface area contributed by atoms with Crippen molar-refractivity contribution in [2.45, 2.75) is 31.7 Å². The lowest BCUT2D eigenvalue weighted by Crippen LogP contribution is -2.34. The number of hydrogen-bond donors (Lipinski definition) is 2. The van der Waals surface area contributed by atoms with Crippen LogP contribution < -0.4 is 10.5 Å². The van der Waals surface area contributed by atoms with Gasteiger partial charge in [-0.3, -0.25) is 0 Å². The molecule has 3 aromatic rings. The summed E-state index contributed by atoms with van der Waals surface area (Å²) in [5.41, 5.74) is 8.56. The van der Waals surface area contributed by atoms with Crippen molar-refractivity contribution in [3.63, 3.8) is 0 Å². The van der Waals surface area contributed by atoms with Gasteiger partial charge in [-0.15, -0.1) is 12.4 Å². The molecule has 1 aromatic heterocycles. The van der Waals surface area contributed by atoms with E-state index in [-0.39, 0.29) is 30.5 Å². The van der Waals surface area contributed by atoms with Gasteiger partial charge >= 0.3 is 12.3 Å². The monoisotopic (exact) mass is 434 g/mol. The number of alkyl halides is 4. The van der Waals surface area contributed by atoms with Crippen LogP contribution in [0.15, 0.2) is 42.6 Å². The van der Waals surface area contributed by atoms with E-state index in [0.717, 1.165) is 10.9 Å². The molecular formula is C20H20ClF5N2O. The van der Waals surface area contributed by atoms with Crippen molar-refractivity contribution in [1.82, 2.24) is 4.98 Å². The van der Waals surface area contributed by atoms with Gasteiger partial charge in [0.05, 0.1) is 0 Å². The van der Waals surface area contributed by atoms with Crippen molar-refractivity contribution in [2.75, 3.05) is 6.61 Å². The molecule has 0 radical (unpaired) electrons. The lowest BCUT2D eigenvalue weighted by Gasteiger charge is -2.19. The third-order valence-electron chi connectivity index (χ3n) is 4.56. The van der Waals surface area contributed by atoms with Gasteiger partial charge in [-0.2, -0.15) is 8.78 Å². The number of H-pyrrole nitrogens is 1. The number of aromatic amines is 1. The van der Waals surface area contributed by atoms with E-state index in [9.17, 15) is 22.0 Å². The predicted molar refractivity (Wildman–Crippen MR) is 104 cm³/mol. The molecule has 3 nitrogen and oxygen atoms in total. The molecule has 158 valence electrons. The summed E-state index contributed by atoms with van der Waals surface area (Å²) in [5, 5.41) is 0.846. The first-order chi connectivity index (χ1) is 13.3. The highest BCUT2D eigenvalue weighted by Crippen LogP contribution is 2.29. The van der Waals surface area contributed by atoms with E-state index in [0.29, 0.717) is 29.5 Å². The van der Waals surface area contributed by atoms with Crippen LogP contribution in [0.5, 0.6) is 5.75 Å². The minimum absolute atomic E-state index is 0. The van der Waals surface area contributed by atoms with Crippen molar-refractivity contribution < 1.29 is 26.7 Å². The zero-order chi connectivity index (χ0) is 20.3. The summed E-state index contributed by atoms with van der Waals surface area (Å²) in [7, 11) is 0. The van der Waals surface area contributed by atoms with Gasteiger partial charge < -0.3 is 15.5 Å². The third kappa shape index (κ3) is 5.19. The van der Waals surface area contributed by atoms with Gasteiger partial charge in [0.25, 0.3) is 0 Å². The Bertz CT molecular complexity index is 961. The Kier molecular flexibility index (Phi) is 7.48. The number of nitrogens with one attached hydrogen (secondary N) is 1. The molecular weight excluding hydrogens is 415 g/mol. The molecule has 0 bridgehead atoms. The molecule has 0 spiro atoms. The quantitative estimate of drug-likeness (QED) is 0.476. The van der Waals surface area contributed by atoms with Crippen molar-refractivity contribution in [1.29, 1.82) is 0 Å². The summed E-state index contributed by atoms with van der Waals surface area (Å²) in [6, 6.07) is 9.17. The van der Waals surface area contributed by atoms with Crippen LogP contribution in [0.25, 0.3) is 10.9 Å². The summed E-state index contributed by atoms with van der Waals surface area (Å²) < 4.78 is 69.6. The number of halogens is 6. The fourth-order valence-corrected chi connectivity index (χ4v) is 3.08. The molecule has 2 aromatic carbocycles. The molecule has 0 saturated heterocycles. The second-order valence-corrected chi connectivity index (χ2v) is 6.45. The number of ether oxygens (including phenoxy) is 1. The van der Waals surface area contributed by atoms with E-state index >= 15 is 0 Å². The van der Waals surface area contributed by atoms with Crippen molar-refractivity contribution in [3.05, 3.63) is 65.1 Å². The Morgan fingerprint density at radius 2 is 1.83 bits per heavy atom. The Balaban J connectivity index is 0.00000300. The summed E-state index contributed by atoms with van der Waals surface area (Å²) in [5.74, 6) is -4.49. The smallest absolute Gasteiger partial charge is 0.340 e. The van der Waals surface area contributed by atoms with E-state index < -0.39 is 19.0 Å². The standard InChI is InChI=1S/C20H19F5N2O.ClH/c21-14-5-7-15-13(10-27-17(15)8-14)4-6-16-12(9-26)2-1-3-18(16)28-11-20(24,25)19(22)23;/h1-3,5,7-8,10,19,27H,4,6,9,11,26H2;1H. The van der Waals surface area contributed by atoms with Crippen LogP contribution in [0.3, 0.4) is 0 Å². The molecule has 0 unspecified atom stereocenters. The average molecular weight is 435 g/mol. The van der Waals surface area contributed by atoms with Crippen LogP contribution in [0, 0.1) is 5.82 Å². The van der Waals surface area contributed by atoms with Crippen molar-refractivity contribution in [2.24, 2.45) is 5.73 Å². The highest BCUT2D eigenvalue weighted by Gasteiger charge is 2.41. The van der Waals surface area contributed by atoms with Crippen LogP contribution in [0.2, 0.25) is 0 Å². The number of aryl methyl sites for hydroxylation is 1. The first-order valence-electron chi connectivity index (χ1n) is 8.67. The molecule has 0 fully saturated rings. The molecule has 29 heavy (non-hydrogen) atoms. The molecule has 0 saturated carbocycles. The topological polar surface area (TPSA) is 51.0 Å².